The average molecular weight is 287 g/mol. The van der Waals surface area contributed by atoms with Gasteiger partial charge in [-0.1, -0.05) is 12.2 Å². The first kappa shape index (κ1) is 15.3. The van der Waals surface area contributed by atoms with Crippen molar-refractivity contribution < 1.29 is 13.6 Å². The number of hydrogen-bond donors (Lipinski definition) is 2. The van der Waals surface area contributed by atoms with Crippen molar-refractivity contribution in [2.75, 3.05) is 26.0 Å². The van der Waals surface area contributed by atoms with Crippen molar-refractivity contribution in [3.63, 3.8) is 0 Å². The summed E-state index contributed by atoms with van der Waals surface area (Å²) in [5, 5.41) is 2.55. The lowest BCUT2D eigenvalue weighted by Crippen LogP contribution is -2.24. The molecule has 0 aliphatic carbocycles. The van der Waals surface area contributed by atoms with Gasteiger partial charge in [-0.3, -0.25) is 4.79 Å². The number of nitrogens with two attached hydrogens (primary N) is 1. The number of halogens is 2. The molecule has 3 N–H and O–H groups in total. The first-order valence-electron chi connectivity index (χ1n) is 5.55. The minimum Gasteiger partial charge on any atom is -0.389 e. The Hall–Kier alpha value is -1.76. The third-order valence-corrected chi connectivity index (χ3v) is 2.70. The Kier molecular flexibility index (Phi) is 5.17. The third-order valence-electron chi connectivity index (χ3n) is 2.47. The van der Waals surface area contributed by atoms with Crippen LogP contribution in [0.1, 0.15) is 12.0 Å². The first-order valence-corrected chi connectivity index (χ1v) is 5.96. The van der Waals surface area contributed by atoms with E-state index in [9.17, 15) is 13.6 Å². The summed E-state index contributed by atoms with van der Waals surface area (Å²) >= 11 is 4.65. The van der Waals surface area contributed by atoms with Crippen LogP contribution in [-0.2, 0) is 4.79 Å². The molecule has 104 valence electrons. The van der Waals surface area contributed by atoms with E-state index >= 15 is 0 Å². The minimum absolute atomic E-state index is 0.0767. The van der Waals surface area contributed by atoms with Crippen LogP contribution in [0.15, 0.2) is 12.1 Å². The highest BCUT2D eigenvalue weighted by Crippen LogP contribution is 2.20. The highest BCUT2D eigenvalue weighted by molar-refractivity contribution is 7.80. The van der Waals surface area contributed by atoms with Crippen molar-refractivity contribution in [1.29, 1.82) is 0 Å². The molecule has 0 radical (unpaired) electrons. The highest BCUT2D eigenvalue weighted by Gasteiger charge is 2.12. The van der Waals surface area contributed by atoms with Gasteiger partial charge in [0.25, 0.3) is 0 Å². The van der Waals surface area contributed by atoms with Crippen molar-refractivity contribution in [1.82, 2.24) is 4.90 Å². The van der Waals surface area contributed by atoms with E-state index in [1.54, 1.807) is 14.1 Å². The second kappa shape index (κ2) is 6.42. The average Bonchev–Trinajstić information content (AvgIpc) is 2.31. The molecule has 0 fully saturated rings. The van der Waals surface area contributed by atoms with E-state index in [4.69, 9.17) is 5.73 Å². The third kappa shape index (κ3) is 4.13. The summed E-state index contributed by atoms with van der Waals surface area (Å²) in [7, 11) is 3.22. The number of anilines is 1. The Morgan fingerprint density at radius 3 is 2.32 bits per heavy atom. The number of amides is 1. The van der Waals surface area contributed by atoms with E-state index in [-0.39, 0.29) is 35.1 Å². The van der Waals surface area contributed by atoms with E-state index in [1.807, 2.05) is 0 Å². The van der Waals surface area contributed by atoms with E-state index in [1.165, 1.54) is 4.90 Å². The maximum absolute atomic E-state index is 13.6. The maximum atomic E-state index is 13.6. The molecule has 0 unspecified atom stereocenters. The van der Waals surface area contributed by atoms with E-state index in [0.29, 0.717) is 0 Å². The van der Waals surface area contributed by atoms with Crippen LogP contribution < -0.4 is 11.1 Å². The fourth-order valence-corrected chi connectivity index (χ4v) is 1.52. The molecule has 0 atom stereocenters. The molecule has 0 spiro atoms. The van der Waals surface area contributed by atoms with Crippen molar-refractivity contribution in [3.8, 4) is 0 Å². The zero-order valence-corrected chi connectivity index (χ0v) is 11.5. The standard InChI is InChI=1S/C12H15F2N3OS/c1-17(2)10(18)3-4-16-11-8(13)5-7(12(15)19)6-9(11)14/h5-6,16H,3-4H2,1-2H3,(H2,15,19). The lowest BCUT2D eigenvalue weighted by Gasteiger charge is -2.12. The number of benzene rings is 1. The second-order valence-electron chi connectivity index (χ2n) is 4.14. The van der Waals surface area contributed by atoms with Crippen LogP contribution in [0.2, 0.25) is 0 Å². The van der Waals surface area contributed by atoms with Gasteiger partial charge in [0, 0.05) is 32.6 Å². The van der Waals surface area contributed by atoms with Crippen LogP contribution in [0.5, 0.6) is 0 Å². The molecular formula is C12H15F2N3OS. The van der Waals surface area contributed by atoms with Crippen LogP contribution >= 0.6 is 12.2 Å². The van der Waals surface area contributed by atoms with Gasteiger partial charge < -0.3 is 16.0 Å². The molecule has 0 saturated heterocycles. The predicted molar refractivity (Wildman–Crippen MR) is 74.0 cm³/mol. The number of hydrogen-bond acceptors (Lipinski definition) is 3. The van der Waals surface area contributed by atoms with Crippen molar-refractivity contribution in [2.24, 2.45) is 5.73 Å². The number of nitrogens with zero attached hydrogens (tertiary/aromatic N) is 1. The maximum Gasteiger partial charge on any atom is 0.223 e. The molecule has 1 rings (SSSR count). The molecule has 0 aliphatic heterocycles. The summed E-state index contributed by atoms with van der Waals surface area (Å²) in [6.07, 6.45) is 0.142. The molecule has 4 nitrogen and oxygen atoms in total. The van der Waals surface area contributed by atoms with Crippen LogP contribution in [0, 0.1) is 11.6 Å². The highest BCUT2D eigenvalue weighted by atomic mass is 32.1. The molecule has 0 bridgehead atoms. The van der Waals surface area contributed by atoms with Crippen molar-refractivity contribution >= 4 is 28.8 Å². The van der Waals surface area contributed by atoms with Crippen molar-refractivity contribution in [2.45, 2.75) is 6.42 Å². The Labute approximate surface area is 115 Å². The fourth-order valence-electron chi connectivity index (χ4n) is 1.40. The quantitative estimate of drug-likeness (QED) is 0.806. The molecule has 0 aliphatic rings. The molecule has 0 saturated carbocycles. The van der Waals surface area contributed by atoms with Gasteiger partial charge in [0.2, 0.25) is 5.91 Å². The Bertz CT molecular complexity index is 483. The zero-order valence-electron chi connectivity index (χ0n) is 10.7. The van der Waals surface area contributed by atoms with E-state index in [2.05, 4.69) is 17.5 Å². The SMILES string of the molecule is CN(C)C(=O)CCNc1c(F)cc(C(N)=S)cc1F. The molecule has 0 heterocycles. The van der Waals surface area contributed by atoms with Gasteiger partial charge in [-0.25, -0.2) is 8.78 Å². The summed E-state index contributed by atoms with van der Waals surface area (Å²) in [6.45, 7) is 0.136. The van der Waals surface area contributed by atoms with E-state index in [0.717, 1.165) is 12.1 Å². The smallest absolute Gasteiger partial charge is 0.223 e. The van der Waals surface area contributed by atoms with Crippen molar-refractivity contribution in [3.05, 3.63) is 29.3 Å². The largest absolute Gasteiger partial charge is 0.389 e. The van der Waals surface area contributed by atoms with E-state index < -0.39 is 11.6 Å². The Morgan fingerprint density at radius 2 is 1.89 bits per heavy atom. The van der Waals surface area contributed by atoms with Gasteiger partial charge >= 0.3 is 0 Å². The number of carbonyl (C=O) groups excluding carboxylic acids is 1. The first-order chi connectivity index (χ1) is 8.82. The summed E-state index contributed by atoms with van der Waals surface area (Å²) in [6, 6.07) is 2.11. The van der Waals surface area contributed by atoms with Crippen LogP contribution in [0.3, 0.4) is 0 Å². The molecular weight excluding hydrogens is 272 g/mol. The normalized spacial score (nSPS) is 10.1. The van der Waals surface area contributed by atoms with Crippen LogP contribution in [-0.4, -0.2) is 36.4 Å². The number of carbonyl (C=O) groups is 1. The number of nitrogens with one attached hydrogen (secondary N) is 1. The lowest BCUT2D eigenvalue weighted by molar-refractivity contribution is -0.128. The molecule has 19 heavy (non-hydrogen) atoms. The summed E-state index contributed by atoms with van der Waals surface area (Å²) in [5.41, 5.74) is 5.14. The van der Waals surface area contributed by atoms with Crippen LogP contribution in [0.25, 0.3) is 0 Å². The Balaban J connectivity index is 2.74. The number of rotatable bonds is 5. The van der Waals surface area contributed by atoms with Crippen LogP contribution in [0.4, 0.5) is 14.5 Å². The second-order valence-corrected chi connectivity index (χ2v) is 4.58. The minimum atomic E-state index is -0.792. The summed E-state index contributed by atoms with van der Waals surface area (Å²) in [4.78, 5) is 12.6. The van der Waals surface area contributed by atoms with Gasteiger partial charge in [0.1, 0.15) is 22.3 Å². The molecule has 1 aromatic rings. The monoisotopic (exact) mass is 287 g/mol. The van der Waals surface area contributed by atoms with Gasteiger partial charge in [-0.15, -0.1) is 0 Å². The Morgan fingerprint density at radius 1 is 1.37 bits per heavy atom. The molecule has 1 amide bonds. The van der Waals surface area contributed by atoms with Gasteiger partial charge in [-0.05, 0) is 12.1 Å². The topological polar surface area (TPSA) is 58.4 Å². The zero-order chi connectivity index (χ0) is 14.6. The fraction of sp³-hybridized carbons (Fsp3) is 0.333. The van der Waals surface area contributed by atoms with Gasteiger partial charge in [0.05, 0.1) is 0 Å². The molecule has 0 aromatic heterocycles. The molecule has 1 aromatic carbocycles. The summed E-state index contributed by atoms with van der Waals surface area (Å²) in [5.74, 6) is -1.71. The lowest BCUT2D eigenvalue weighted by atomic mass is 10.2. The van der Waals surface area contributed by atoms with Gasteiger partial charge in [-0.2, -0.15) is 0 Å². The predicted octanol–water partition coefficient (Wildman–Crippen LogP) is 1.49. The molecule has 7 heteroatoms. The number of thiocarbonyl (C=S) groups is 1. The van der Waals surface area contributed by atoms with Gasteiger partial charge in [0.15, 0.2) is 0 Å². The summed E-state index contributed by atoms with van der Waals surface area (Å²) < 4.78 is 27.3.